The maximum atomic E-state index is 14.0. The van der Waals surface area contributed by atoms with Gasteiger partial charge >= 0.3 is 5.97 Å². The Kier molecular flexibility index (Phi) is 9.58. The van der Waals surface area contributed by atoms with Crippen LogP contribution in [-0.4, -0.2) is 54.1 Å². The summed E-state index contributed by atoms with van der Waals surface area (Å²) in [5.41, 5.74) is -0.444. The summed E-state index contributed by atoms with van der Waals surface area (Å²) < 4.78 is 14.0. The van der Waals surface area contributed by atoms with Gasteiger partial charge in [-0.05, 0) is 61.2 Å². The van der Waals surface area contributed by atoms with Crippen LogP contribution in [0.4, 0.5) is 0 Å². The molecule has 0 radical (unpaired) electrons. The van der Waals surface area contributed by atoms with Gasteiger partial charge in [0.25, 0.3) is 5.91 Å². The number of ether oxygens (including phenoxy) is 2. The molecule has 3 aromatic rings. The SMILES string of the molecule is CCC(=O)OC1(c2ccccc2)CCN(C(=O)c2ccccc2)CC1(OC1CCCCN1CC)c1ccc(Cl)c(Cl)c1. The van der Waals surface area contributed by atoms with Crippen molar-refractivity contribution in [2.24, 2.45) is 0 Å². The van der Waals surface area contributed by atoms with Crippen molar-refractivity contribution in [3.63, 3.8) is 0 Å². The van der Waals surface area contributed by atoms with Gasteiger partial charge in [-0.25, -0.2) is 0 Å². The van der Waals surface area contributed by atoms with Crippen molar-refractivity contribution in [3.05, 3.63) is 106 Å². The number of hydrogen-bond donors (Lipinski definition) is 0. The highest BCUT2D eigenvalue weighted by Crippen LogP contribution is 2.54. The Labute approximate surface area is 258 Å². The van der Waals surface area contributed by atoms with E-state index in [1.807, 2.05) is 71.6 Å². The predicted molar refractivity (Wildman–Crippen MR) is 166 cm³/mol. The van der Waals surface area contributed by atoms with E-state index >= 15 is 0 Å². The van der Waals surface area contributed by atoms with Crippen LogP contribution >= 0.6 is 23.2 Å². The summed E-state index contributed by atoms with van der Waals surface area (Å²) in [6.07, 6.45) is 3.19. The maximum Gasteiger partial charge on any atom is 0.306 e. The van der Waals surface area contributed by atoms with Gasteiger partial charge in [0.05, 0.1) is 16.6 Å². The van der Waals surface area contributed by atoms with Crippen LogP contribution in [0.5, 0.6) is 0 Å². The van der Waals surface area contributed by atoms with Crippen molar-refractivity contribution in [1.82, 2.24) is 9.80 Å². The van der Waals surface area contributed by atoms with E-state index in [0.717, 1.165) is 37.9 Å². The molecule has 6 nitrogen and oxygen atoms in total. The van der Waals surface area contributed by atoms with Gasteiger partial charge in [0.15, 0.2) is 11.2 Å². The number of likely N-dealkylation sites (tertiary alicyclic amines) is 2. The van der Waals surface area contributed by atoms with Crippen LogP contribution in [0.2, 0.25) is 10.0 Å². The Bertz CT molecular complexity index is 1390. The van der Waals surface area contributed by atoms with Gasteiger partial charge in [-0.1, -0.05) is 91.6 Å². The topological polar surface area (TPSA) is 59.1 Å². The summed E-state index contributed by atoms with van der Waals surface area (Å²) in [7, 11) is 0. The summed E-state index contributed by atoms with van der Waals surface area (Å²) in [5, 5.41) is 0.774. The number of carbonyl (C=O) groups is 2. The summed E-state index contributed by atoms with van der Waals surface area (Å²) in [6, 6.07) is 24.5. The fraction of sp³-hybridized carbons (Fsp3) is 0.412. The number of nitrogens with zero attached hydrogens (tertiary/aromatic N) is 2. The number of benzene rings is 3. The van der Waals surface area contributed by atoms with Crippen molar-refractivity contribution >= 4 is 35.1 Å². The summed E-state index contributed by atoms with van der Waals surface area (Å²) in [5.74, 6) is -0.450. The third kappa shape index (κ3) is 5.83. The number of halogens is 2. The number of amides is 1. The summed E-state index contributed by atoms with van der Waals surface area (Å²) in [4.78, 5) is 31.5. The average molecular weight is 610 g/mol. The van der Waals surface area contributed by atoms with Crippen LogP contribution in [0, 0.1) is 0 Å². The van der Waals surface area contributed by atoms with Crippen molar-refractivity contribution in [2.75, 3.05) is 26.2 Å². The molecule has 0 aliphatic carbocycles. The molecule has 5 rings (SSSR count). The summed E-state index contributed by atoms with van der Waals surface area (Å²) >= 11 is 13.1. The van der Waals surface area contributed by atoms with Gasteiger partial charge < -0.3 is 14.4 Å². The Balaban J connectivity index is 1.76. The molecule has 42 heavy (non-hydrogen) atoms. The monoisotopic (exact) mass is 608 g/mol. The van der Waals surface area contributed by atoms with Crippen LogP contribution in [0.15, 0.2) is 78.9 Å². The van der Waals surface area contributed by atoms with Crippen LogP contribution in [0.3, 0.4) is 0 Å². The van der Waals surface area contributed by atoms with Crippen LogP contribution < -0.4 is 0 Å². The second-order valence-electron chi connectivity index (χ2n) is 11.0. The standard InChI is InChI=1S/C34H38Cl2N2O4/c1-3-31(39)42-33(26-15-9-6-10-16-26)20-22-38(32(40)25-13-7-5-8-14-25)24-34(33,27-18-19-28(35)29(36)23-27)41-30-17-11-12-21-37(30)4-2/h5-10,13-16,18-19,23,30H,3-4,11-12,17,20-22,24H2,1-2H3. The van der Waals surface area contributed by atoms with Gasteiger partial charge in [-0.2, -0.15) is 0 Å². The molecule has 0 bridgehead atoms. The Morgan fingerprint density at radius 3 is 2.24 bits per heavy atom. The molecule has 3 aromatic carbocycles. The quantitative estimate of drug-likeness (QED) is 0.249. The highest BCUT2D eigenvalue weighted by Gasteiger charge is 2.62. The average Bonchev–Trinajstić information content (AvgIpc) is 3.03. The number of piperidine rings is 2. The van der Waals surface area contributed by atoms with Crippen molar-refractivity contribution in [1.29, 1.82) is 0 Å². The lowest BCUT2D eigenvalue weighted by Gasteiger charge is -2.57. The second kappa shape index (κ2) is 13.2. The lowest BCUT2D eigenvalue weighted by Crippen LogP contribution is -2.66. The summed E-state index contributed by atoms with van der Waals surface area (Å²) in [6.45, 7) is 6.14. The van der Waals surface area contributed by atoms with Gasteiger partial charge in [0.2, 0.25) is 0 Å². The molecule has 0 saturated carbocycles. The molecule has 8 heteroatoms. The molecule has 0 spiro atoms. The lowest BCUT2D eigenvalue weighted by molar-refractivity contribution is -0.279. The molecule has 3 atom stereocenters. The molecule has 2 heterocycles. The van der Waals surface area contributed by atoms with Crippen molar-refractivity contribution in [2.45, 2.75) is 63.4 Å². The fourth-order valence-electron chi connectivity index (χ4n) is 6.41. The zero-order valence-electron chi connectivity index (χ0n) is 24.2. The highest BCUT2D eigenvalue weighted by atomic mass is 35.5. The first-order valence-corrected chi connectivity index (χ1v) is 15.6. The first-order chi connectivity index (χ1) is 20.3. The Morgan fingerprint density at radius 1 is 0.857 bits per heavy atom. The molecule has 0 N–H and O–H groups in total. The number of carbonyl (C=O) groups excluding carboxylic acids is 2. The molecule has 1 amide bonds. The molecular weight excluding hydrogens is 571 g/mol. The molecule has 2 aliphatic rings. The molecule has 3 unspecified atom stereocenters. The van der Waals surface area contributed by atoms with Crippen LogP contribution in [0.1, 0.15) is 67.4 Å². The first-order valence-electron chi connectivity index (χ1n) is 14.8. The molecule has 222 valence electrons. The van der Waals surface area contributed by atoms with Gasteiger partial charge in [-0.15, -0.1) is 0 Å². The van der Waals surface area contributed by atoms with E-state index in [9.17, 15) is 9.59 Å². The normalized spacial score (nSPS) is 24.8. The zero-order valence-corrected chi connectivity index (χ0v) is 25.7. The molecular formula is C34H38Cl2N2O4. The first kappa shape index (κ1) is 30.6. The van der Waals surface area contributed by atoms with Crippen LogP contribution in [0.25, 0.3) is 0 Å². The van der Waals surface area contributed by atoms with E-state index in [2.05, 4.69) is 11.8 Å². The molecule has 2 saturated heterocycles. The minimum atomic E-state index is -1.30. The lowest BCUT2D eigenvalue weighted by atomic mass is 9.68. The largest absolute Gasteiger partial charge is 0.451 e. The van der Waals surface area contributed by atoms with E-state index in [0.29, 0.717) is 34.1 Å². The van der Waals surface area contributed by atoms with E-state index < -0.39 is 11.2 Å². The van der Waals surface area contributed by atoms with E-state index in [1.54, 1.807) is 19.1 Å². The van der Waals surface area contributed by atoms with Gasteiger partial charge in [0.1, 0.15) is 6.23 Å². The molecule has 0 aromatic heterocycles. The Hall–Kier alpha value is -2.90. The minimum absolute atomic E-state index is 0.108. The van der Waals surface area contributed by atoms with Gasteiger partial charge in [0, 0.05) is 31.5 Å². The Morgan fingerprint density at radius 2 is 1.57 bits per heavy atom. The van der Waals surface area contributed by atoms with E-state index in [-0.39, 0.29) is 31.1 Å². The highest BCUT2D eigenvalue weighted by molar-refractivity contribution is 6.42. The van der Waals surface area contributed by atoms with E-state index in [4.69, 9.17) is 32.7 Å². The van der Waals surface area contributed by atoms with E-state index in [1.165, 1.54) is 0 Å². The maximum absolute atomic E-state index is 14.0. The van der Waals surface area contributed by atoms with Crippen molar-refractivity contribution in [3.8, 4) is 0 Å². The number of hydrogen-bond acceptors (Lipinski definition) is 5. The molecule has 2 fully saturated rings. The number of esters is 1. The predicted octanol–water partition coefficient (Wildman–Crippen LogP) is 7.43. The third-order valence-electron chi connectivity index (χ3n) is 8.61. The minimum Gasteiger partial charge on any atom is -0.451 e. The van der Waals surface area contributed by atoms with Crippen LogP contribution in [-0.2, 0) is 25.5 Å². The van der Waals surface area contributed by atoms with Gasteiger partial charge in [-0.3, -0.25) is 14.5 Å². The zero-order chi connectivity index (χ0) is 29.7. The second-order valence-corrected chi connectivity index (χ2v) is 11.8. The molecule has 2 aliphatic heterocycles. The third-order valence-corrected chi connectivity index (χ3v) is 9.35. The smallest absolute Gasteiger partial charge is 0.306 e. The van der Waals surface area contributed by atoms with Crippen molar-refractivity contribution < 1.29 is 19.1 Å². The number of rotatable bonds is 8. The fourth-order valence-corrected chi connectivity index (χ4v) is 6.71.